The number of anilines is 1. The fourth-order valence-electron chi connectivity index (χ4n) is 2.54. The van der Waals surface area contributed by atoms with E-state index in [1.54, 1.807) is 0 Å². The van der Waals surface area contributed by atoms with Gasteiger partial charge in [-0.15, -0.1) is 0 Å². The first-order valence-electron chi connectivity index (χ1n) is 7.67. The van der Waals surface area contributed by atoms with Gasteiger partial charge in [-0.3, -0.25) is 4.90 Å². The highest BCUT2D eigenvalue weighted by molar-refractivity contribution is 5.46. The molecule has 0 amide bonds. The molecule has 0 radical (unpaired) electrons. The highest BCUT2D eigenvalue weighted by Gasteiger charge is 2.17. The number of hydrogen-bond acceptors (Lipinski definition) is 3. The van der Waals surface area contributed by atoms with E-state index in [0.717, 1.165) is 45.0 Å². The molecule has 1 aliphatic heterocycles. The van der Waals surface area contributed by atoms with E-state index >= 15 is 0 Å². The lowest BCUT2D eigenvalue weighted by molar-refractivity contribution is 0.276. The average Bonchev–Trinajstić information content (AvgIpc) is 2.47. The maximum Gasteiger partial charge on any atom is 0.123 e. The van der Waals surface area contributed by atoms with Crippen molar-refractivity contribution in [2.24, 2.45) is 0 Å². The van der Waals surface area contributed by atoms with Gasteiger partial charge in [0, 0.05) is 51.0 Å². The summed E-state index contributed by atoms with van der Waals surface area (Å²) in [4.78, 5) is 4.75. The number of nitrogens with zero attached hydrogens (tertiary/aromatic N) is 2. The van der Waals surface area contributed by atoms with Crippen molar-refractivity contribution in [1.82, 2.24) is 10.2 Å². The van der Waals surface area contributed by atoms with Crippen molar-refractivity contribution >= 4 is 5.69 Å². The van der Waals surface area contributed by atoms with Crippen molar-refractivity contribution in [3.8, 4) is 0 Å². The quantitative estimate of drug-likeness (QED) is 0.813. The van der Waals surface area contributed by atoms with E-state index in [1.807, 2.05) is 12.1 Å². The Balaban J connectivity index is 1.75. The van der Waals surface area contributed by atoms with Gasteiger partial charge in [0.05, 0.1) is 0 Å². The van der Waals surface area contributed by atoms with E-state index < -0.39 is 0 Å². The maximum atomic E-state index is 12.9. The fourth-order valence-corrected chi connectivity index (χ4v) is 2.54. The minimum atomic E-state index is -0.175. The van der Waals surface area contributed by atoms with Crippen LogP contribution in [0.5, 0.6) is 0 Å². The van der Waals surface area contributed by atoms with E-state index in [4.69, 9.17) is 0 Å². The largest absolute Gasteiger partial charge is 0.369 e. The van der Waals surface area contributed by atoms with Crippen LogP contribution in [-0.2, 0) is 0 Å². The lowest BCUT2D eigenvalue weighted by Crippen LogP contribution is -2.47. The molecule has 1 heterocycles. The predicted molar refractivity (Wildman–Crippen MR) is 87.3 cm³/mol. The summed E-state index contributed by atoms with van der Waals surface area (Å²) in [6.07, 6.45) is 0. The normalized spacial score (nSPS) is 16.5. The van der Waals surface area contributed by atoms with Crippen LogP contribution < -0.4 is 10.2 Å². The van der Waals surface area contributed by atoms with Crippen molar-refractivity contribution in [1.29, 1.82) is 0 Å². The van der Waals surface area contributed by atoms with E-state index in [2.05, 4.69) is 35.5 Å². The molecule has 1 N–H and O–H groups in total. The van der Waals surface area contributed by atoms with Gasteiger partial charge in [0.2, 0.25) is 0 Å². The second-order valence-corrected chi connectivity index (χ2v) is 6.03. The predicted octanol–water partition coefficient (Wildman–Crippen LogP) is 2.50. The summed E-state index contributed by atoms with van der Waals surface area (Å²) in [7, 11) is 0. The molecule has 1 aromatic rings. The molecule has 0 spiro atoms. The Bertz CT molecular complexity index is 448. The topological polar surface area (TPSA) is 18.5 Å². The Hall–Kier alpha value is -1.39. The lowest BCUT2D eigenvalue weighted by Gasteiger charge is -2.36. The van der Waals surface area contributed by atoms with Gasteiger partial charge in [-0.1, -0.05) is 20.4 Å². The Morgan fingerprint density at radius 1 is 1.19 bits per heavy atom. The van der Waals surface area contributed by atoms with Crippen molar-refractivity contribution < 1.29 is 4.39 Å². The Morgan fingerprint density at radius 2 is 1.81 bits per heavy atom. The second-order valence-electron chi connectivity index (χ2n) is 6.03. The van der Waals surface area contributed by atoms with Crippen LogP contribution in [0.2, 0.25) is 0 Å². The van der Waals surface area contributed by atoms with Crippen LogP contribution in [-0.4, -0.2) is 50.2 Å². The molecule has 1 aromatic carbocycles. The molecular weight excluding hydrogens is 265 g/mol. The van der Waals surface area contributed by atoms with Crippen LogP contribution in [0.15, 0.2) is 36.4 Å². The molecule has 21 heavy (non-hydrogen) atoms. The summed E-state index contributed by atoms with van der Waals surface area (Å²) in [5.74, 6) is -0.175. The standard InChI is InChI=1S/C17H26FN3/c1-14(2)19-12-15(3)13-20-8-10-21(11-9-20)17-6-4-16(18)5-7-17/h4-7,14,19H,3,8-13H2,1-2H3. The first-order chi connectivity index (χ1) is 10.0. The van der Waals surface area contributed by atoms with Gasteiger partial charge in [-0.05, 0) is 29.8 Å². The van der Waals surface area contributed by atoms with Crippen molar-refractivity contribution in [2.45, 2.75) is 19.9 Å². The van der Waals surface area contributed by atoms with Crippen molar-refractivity contribution in [2.75, 3.05) is 44.2 Å². The zero-order chi connectivity index (χ0) is 15.2. The van der Waals surface area contributed by atoms with Crippen LogP contribution in [0.25, 0.3) is 0 Å². The van der Waals surface area contributed by atoms with Gasteiger partial charge in [0.15, 0.2) is 0 Å². The van der Waals surface area contributed by atoms with Gasteiger partial charge in [0.1, 0.15) is 5.82 Å². The molecule has 0 aromatic heterocycles. The minimum absolute atomic E-state index is 0.175. The summed E-state index contributed by atoms with van der Waals surface area (Å²) >= 11 is 0. The monoisotopic (exact) mass is 291 g/mol. The number of benzene rings is 1. The van der Waals surface area contributed by atoms with Crippen LogP contribution >= 0.6 is 0 Å². The van der Waals surface area contributed by atoms with Gasteiger partial charge < -0.3 is 10.2 Å². The highest BCUT2D eigenvalue weighted by atomic mass is 19.1. The second kappa shape index (κ2) is 7.57. The van der Waals surface area contributed by atoms with Gasteiger partial charge >= 0.3 is 0 Å². The molecular formula is C17H26FN3. The number of hydrogen-bond donors (Lipinski definition) is 1. The van der Waals surface area contributed by atoms with Gasteiger partial charge in [0.25, 0.3) is 0 Å². The minimum Gasteiger partial charge on any atom is -0.369 e. The first kappa shape index (κ1) is 16.0. The van der Waals surface area contributed by atoms with E-state index in [-0.39, 0.29) is 5.82 Å². The van der Waals surface area contributed by atoms with Crippen LogP contribution in [0, 0.1) is 5.82 Å². The van der Waals surface area contributed by atoms with E-state index in [9.17, 15) is 4.39 Å². The third kappa shape index (κ3) is 5.14. The molecule has 1 saturated heterocycles. The Labute approximate surface area is 127 Å². The molecule has 116 valence electrons. The first-order valence-corrected chi connectivity index (χ1v) is 7.67. The molecule has 0 aliphatic carbocycles. The maximum absolute atomic E-state index is 12.9. The molecule has 0 saturated carbocycles. The zero-order valence-electron chi connectivity index (χ0n) is 13.1. The van der Waals surface area contributed by atoms with E-state index in [0.29, 0.717) is 6.04 Å². The van der Waals surface area contributed by atoms with Crippen LogP contribution in [0.3, 0.4) is 0 Å². The summed E-state index contributed by atoms with van der Waals surface area (Å²) in [6, 6.07) is 7.27. The highest BCUT2D eigenvalue weighted by Crippen LogP contribution is 2.17. The van der Waals surface area contributed by atoms with Crippen molar-refractivity contribution in [3.63, 3.8) is 0 Å². The smallest absolute Gasteiger partial charge is 0.123 e. The van der Waals surface area contributed by atoms with Gasteiger partial charge in [-0.2, -0.15) is 0 Å². The van der Waals surface area contributed by atoms with E-state index in [1.165, 1.54) is 17.7 Å². The van der Waals surface area contributed by atoms with Crippen molar-refractivity contribution in [3.05, 3.63) is 42.2 Å². The molecule has 4 heteroatoms. The molecule has 3 nitrogen and oxygen atoms in total. The molecule has 0 bridgehead atoms. The molecule has 0 unspecified atom stereocenters. The zero-order valence-corrected chi connectivity index (χ0v) is 13.1. The third-order valence-electron chi connectivity index (χ3n) is 3.77. The molecule has 0 atom stereocenters. The average molecular weight is 291 g/mol. The van der Waals surface area contributed by atoms with Crippen LogP contribution in [0.4, 0.5) is 10.1 Å². The number of halogens is 1. The summed E-state index contributed by atoms with van der Waals surface area (Å²) in [5.41, 5.74) is 2.34. The lowest BCUT2D eigenvalue weighted by atomic mass is 10.2. The SMILES string of the molecule is C=C(CNC(C)C)CN1CCN(c2ccc(F)cc2)CC1. The number of nitrogens with one attached hydrogen (secondary N) is 1. The number of piperazine rings is 1. The summed E-state index contributed by atoms with van der Waals surface area (Å²) in [6.45, 7) is 14.3. The Kier molecular flexibility index (Phi) is 5.76. The molecule has 1 aliphatic rings. The van der Waals surface area contributed by atoms with Gasteiger partial charge in [-0.25, -0.2) is 4.39 Å². The van der Waals surface area contributed by atoms with Crippen LogP contribution in [0.1, 0.15) is 13.8 Å². The molecule has 1 fully saturated rings. The summed E-state index contributed by atoms with van der Waals surface area (Å²) < 4.78 is 12.9. The number of rotatable bonds is 6. The summed E-state index contributed by atoms with van der Waals surface area (Å²) in [5, 5.41) is 3.40. The Morgan fingerprint density at radius 3 is 2.38 bits per heavy atom. The molecule has 2 rings (SSSR count). The third-order valence-corrected chi connectivity index (χ3v) is 3.77. The fraction of sp³-hybridized carbons (Fsp3) is 0.529.